The summed E-state index contributed by atoms with van der Waals surface area (Å²) in [5.41, 5.74) is 4.46. The van der Waals surface area contributed by atoms with Gasteiger partial charge in [0, 0.05) is 54.4 Å². The van der Waals surface area contributed by atoms with Crippen molar-refractivity contribution in [3.05, 3.63) is 101 Å². The number of carbonyl (C=O) groups excluding carboxylic acids is 1. The second kappa shape index (κ2) is 11.2. The van der Waals surface area contributed by atoms with Gasteiger partial charge in [0.15, 0.2) is 11.4 Å². The topological polar surface area (TPSA) is 84.7 Å². The Labute approximate surface area is 239 Å². The zero-order chi connectivity index (χ0) is 29.3. The Morgan fingerprint density at radius 1 is 1.02 bits per heavy atom. The zero-order valence-corrected chi connectivity index (χ0v) is 22.7. The Bertz CT molecular complexity index is 1740. The van der Waals surface area contributed by atoms with E-state index >= 15 is 0 Å². The van der Waals surface area contributed by atoms with Crippen LogP contribution in [0.3, 0.4) is 0 Å². The quantitative estimate of drug-likeness (QED) is 0.235. The fourth-order valence-corrected chi connectivity index (χ4v) is 5.04. The zero-order valence-electron chi connectivity index (χ0n) is 22.7. The number of anilines is 3. The SMILES string of the molecule is Cc1c(CC(=O)c2cccc(C(F)(F)F)c2)cccc1-c1nccn2nc(Nc3ccc(N4CCOCC4)cc3)nc12. The molecule has 3 heterocycles. The number of ether oxygens (including phenoxy) is 1. The van der Waals surface area contributed by atoms with Gasteiger partial charge in [-0.1, -0.05) is 30.3 Å². The van der Waals surface area contributed by atoms with Crippen molar-refractivity contribution in [1.82, 2.24) is 19.6 Å². The molecule has 1 aliphatic rings. The molecule has 0 atom stereocenters. The average molecular weight is 573 g/mol. The number of rotatable bonds is 7. The molecule has 0 aliphatic carbocycles. The first-order valence-corrected chi connectivity index (χ1v) is 13.5. The third kappa shape index (κ3) is 5.68. The molecule has 1 fully saturated rings. The average Bonchev–Trinajstić information content (AvgIpc) is 3.41. The lowest BCUT2D eigenvalue weighted by Crippen LogP contribution is -2.36. The number of Topliss-reactive ketones (excluding diaryl/α,β-unsaturated/α-hetero) is 1. The number of aromatic nitrogens is 4. The van der Waals surface area contributed by atoms with Crippen LogP contribution in [0.4, 0.5) is 30.5 Å². The van der Waals surface area contributed by atoms with E-state index in [0.29, 0.717) is 22.9 Å². The number of ketones is 1. The van der Waals surface area contributed by atoms with E-state index in [1.807, 2.05) is 37.3 Å². The van der Waals surface area contributed by atoms with E-state index < -0.39 is 17.5 Å². The molecule has 0 radical (unpaired) electrons. The van der Waals surface area contributed by atoms with Crippen LogP contribution in [0.2, 0.25) is 0 Å². The number of hydrogen-bond acceptors (Lipinski definition) is 7. The van der Waals surface area contributed by atoms with Gasteiger partial charge in [-0.15, -0.1) is 5.10 Å². The standard InChI is InChI=1S/C31H27F3N6O2/c1-20-21(19-27(41)22-5-2-6-23(18-22)31(32,33)34)4-3-7-26(20)28-29-37-30(38-40(29)13-12-35-28)36-24-8-10-25(11-9-24)39-14-16-42-17-15-39/h2-13,18H,14-17,19H2,1H3,(H,36,38). The third-order valence-corrected chi connectivity index (χ3v) is 7.32. The van der Waals surface area contributed by atoms with Crippen molar-refractivity contribution in [2.75, 3.05) is 36.5 Å². The normalized spacial score (nSPS) is 13.9. The van der Waals surface area contributed by atoms with E-state index in [2.05, 4.69) is 25.3 Å². The molecular weight excluding hydrogens is 545 g/mol. The Morgan fingerprint density at radius 2 is 1.79 bits per heavy atom. The van der Waals surface area contributed by atoms with E-state index in [1.54, 1.807) is 29.0 Å². The maximum atomic E-state index is 13.2. The number of morpholine rings is 1. The number of halogens is 3. The predicted molar refractivity (Wildman–Crippen MR) is 153 cm³/mol. The molecule has 1 saturated heterocycles. The molecule has 6 rings (SSSR count). The van der Waals surface area contributed by atoms with E-state index in [4.69, 9.17) is 4.74 Å². The maximum Gasteiger partial charge on any atom is 0.416 e. The fraction of sp³-hybridized carbons (Fsp3) is 0.226. The Balaban J connectivity index is 1.24. The molecule has 1 aliphatic heterocycles. The molecule has 42 heavy (non-hydrogen) atoms. The molecular formula is C31H27F3N6O2. The van der Waals surface area contributed by atoms with Gasteiger partial charge in [-0.3, -0.25) is 9.78 Å². The van der Waals surface area contributed by atoms with E-state index in [9.17, 15) is 18.0 Å². The van der Waals surface area contributed by atoms with E-state index in [-0.39, 0.29) is 12.0 Å². The summed E-state index contributed by atoms with van der Waals surface area (Å²) in [4.78, 5) is 24.5. The van der Waals surface area contributed by atoms with Crippen LogP contribution in [0.25, 0.3) is 16.9 Å². The molecule has 0 unspecified atom stereocenters. The summed E-state index contributed by atoms with van der Waals surface area (Å²) >= 11 is 0. The van der Waals surface area contributed by atoms with E-state index in [0.717, 1.165) is 60.9 Å². The minimum atomic E-state index is -4.52. The summed E-state index contributed by atoms with van der Waals surface area (Å²) in [7, 11) is 0. The lowest BCUT2D eigenvalue weighted by molar-refractivity contribution is -0.137. The molecule has 2 aromatic heterocycles. The molecule has 0 spiro atoms. The Hall–Kier alpha value is -4.77. The summed E-state index contributed by atoms with van der Waals surface area (Å²) in [6, 6.07) is 18.0. The monoisotopic (exact) mass is 572 g/mol. The first-order chi connectivity index (χ1) is 20.3. The number of nitrogens with one attached hydrogen (secondary N) is 1. The van der Waals surface area contributed by atoms with Gasteiger partial charge in [0.1, 0.15) is 5.69 Å². The first kappa shape index (κ1) is 27.4. The van der Waals surface area contributed by atoms with Gasteiger partial charge in [0.2, 0.25) is 5.95 Å². The highest BCUT2D eigenvalue weighted by Crippen LogP contribution is 2.31. The summed E-state index contributed by atoms with van der Waals surface area (Å²) < 4.78 is 46.5. The smallest absolute Gasteiger partial charge is 0.378 e. The minimum absolute atomic E-state index is 0.0148. The number of nitrogens with zero attached hydrogens (tertiary/aromatic N) is 5. The van der Waals surface area contributed by atoms with Crippen LogP contribution in [0, 0.1) is 6.92 Å². The fourth-order valence-electron chi connectivity index (χ4n) is 5.04. The van der Waals surface area contributed by atoms with Crippen molar-refractivity contribution in [2.24, 2.45) is 0 Å². The van der Waals surface area contributed by atoms with Crippen molar-refractivity contribution in [2.45, 2.75) is 19.5 Å². The highest BCUT2D eigenvalue weighted by atomic mass is 19.4. The number of fused-ring (bicyclic) bond motifs is 1. The molecule has 214 valence electrons. The number of benzene rings is 3. The summed E-state index contributed by atoms with van der Waals surface area (Å²) in [5.74, 6) is -0.00183. The summed E-state index contributed by atoms with van der Waals surface area (Å²) in [5, 5.41) is 7.80. The number of hydrogen-bond donors (Lipinski definition) is 1. The first-order valence-electron chi connectivity index (χ1n) is 13.5. The van der Waals surface area contributed by atoms with Gasteiger partial charge in [-0.05, 0) is 54.4 Å². The van der Waals surface area contributed by atoms with Gasteiger partial charge in [0.05, 0.1) is 18.8 Å². The second-order valence-electron chi connectivity index (χ2n) is 10.0. The van der Waals surface area contributed by atoms with Gasteiger partial charge < -0.3 is 15.0 Å². The van der Waals surface area contributed by atoms with Crippen LogP contribution in [0.15, 0.2) is 79.1 Å². The molecule has 11 heteroatoms. The maximum absolute atomic E-state index is 13.2. The van der Waals surface area contributed by atoms with Crippen LogP contribution in [0.5, 0.6) is 0 Å². The highest BCUT2D eigenvalue weighted by Gasteiger charge is 2.31. The minimum Gasteiger partial charge on any atom is -0.378 e. The van der Waals surface area contributed by atoms with Gasteiger partial charge in [-0.25, -0.2) is 4.52 Å². The lowest BCUT2D eigenvalue weighted by Gasteiger charge is -2.28. The number of carbonyl (C=O) groups is 1. The van der Waals surface area contributed by atoms with Crippen LogP contribution in [-0.4, -0.2) is 51.7 Å². The second-order valence-corrected chi connectivity index (χ2v) is 10.0. The Morgan fingerprint density at radius 3 is 2.55 bits per heavy atom. The largest absolute Gasteiger partial charge is 0.416 e. The molecule has 1 N–H and O–H groups in total. The summed E-state index contributed by atoms with van der Waals surface area (Å²) in [6.45, 7) is 5.01. The highest BCUT2D eigenvalue weighted by molar-refractivity contribution is 5.98. The lowest BCUT2D eigenvalue weighted by atomic mass is 9.94. The van der Waals surface area contributed by atoms with Crippen LogP contribution < -0.4 is 10.2 Å². The number of alkyl halides is 3. The van der Waals surface area contributed by atoms with Gasteiger partial charge >= 0.3 is 6.18 Å². The van der Waals surface area contributed by atoms with Crippen molar-refractivity contribution in [1.29, 1.82) is 0 Å². The third-order valence-electron chi connectivity index (χ3n) is 7.32. The molecule has 0 saturated carbocycles. The van der Waals surface area contributed by atoms with Crippen molar-refractivity contribution < 1.29 is 22.7 Å². The Kier molecular flexibility index (Phi) is 7.34. The van der Waals surface area contributed by atoms with Crippen molar-refractivity contribution in [3.63, 3.8) is 0 Å². The van der Waals surface area contributed by atoms with Crippen molar-refractivity contribution in [3.8, 4) is 11.3 Å². The molecule has 5 aromatic rings. The van der Waals surface area contributed by atoms with Crippen LogP contribution in [-0.2, 0) is 17.3 Å². The van der Waals surface area contributed by atoms with Gasteiger partial charge in [0.25, 0.3) is 0 Å². The van der Waals surface area contributed by atoms with Crippen molar-refractivity contribution >= 4 is 28.8 Å². The van der Waals surface area contributed by atoms with Crippen LogP contribution in [0.1, 0.15) is 27.0 Å². The predicted octanol–water partition coefficient (Wildman–Crippen LogP) is 6.12. The molecule has 8 nitrogen and oxygen atoms in total. The molecule has 3 aromatic carbocycles. The van der Waals surface area contributed by atoms with Gasteiger partial charge in [-0.2, -0.15) is 18.2 Å². The molecule has 0 bridgehead atoms. The molecule has 0 amide bonds. The van der Waals surface area contributed by atoms with Crippen LogP contribution >= 0.6 is 0 Å². The van der Waals surface area contributed by atoms with E-state index in [1.165, 1.54) is 12.1 Å². The summed E-state index contributed by atoms with van der Waals surface area (Å²) in [6.07, 6.45) is -1.24.